The monoisotopic (exact) mass is 360 g/mol. The zero-order chi connectivity index (χ0) is 11.7. The van der Waals surface area contributed by atoms with Crippen molar-refractivity contribution in [3.05, 3.63) is 37.7 Å². The van der Waals surface area contributed by atoms with E-state index in [0.29, 0.717) is 0 Å². The number of hydrogen-bond donors (Lipinski definition) is 1. The van der Waals surface area contributed by atoms with Crippen LogP contribution in [0.1, 0.15) is 11.1 Å². The third kappa shape index (κ3) is 2.64. The van der Waals surface area contributed by atoms with Crippen LogP contribution in [0.2, 0.25) is 0 Å². The average molecular weight is 362 g/mol. The number of aromatic nitrogens is 1. The molecule has 1 aromatic heterocycles. The Morgan fingerprint density at radius 3 is 2.31 bits per heavy atom. The van der Waals surface area contributed by atoms with E-state index in [1.165, 1.54) is 11.1 Å². The Hall–Kier alpha value is -0.390. The van der Waals surface area contributed by atoms with E-state index in [1.807, 2.05) is 5.38 Å². The lowest BCUT2D eigenvalue weighted by molar-refractivity contribution is 1.30. The van der Waals surface area contributed by atoms with Crippen molar-refractivity contribution in [3.8, 4) is 0 Å². The van der Waals surface area contributed by atoms with Crippen LogP contribution in [-0.2, 0) is 0 Å². The lowest BCUT2D eigenvalue weighted by atomic mass is 10.1. The van der Waals surface area contributed by atoms with E-state index >= 15 is 0 Å². The fourth-order valence-corrected chi connectivity index (χ4v) is 3.36. The largest absolute Gasteiger partial charge is 0.331 e. The van der Waals surface area contributed by atoms with Gasteiger partial charge in [0, 0.05) is 15.5 Å². The molecule has 0 atom stereocenters. The molecule has 0 bridgehead atoms. The van der Waals surface area contributed by atoms with Gasteiger partial charge in [0.2, 0.25) is 0 Å². The summed E-state index contributed by atoms with van der Waals surface area (Å²) in [6, 6.07) is 4.19. The molecule has 1 aromatic carbocycles. The van der Waals surface area contributed by atoms with E-state index in [4.69, 9.17) is 0 Å². The minimum Gasteiger partial charge on any atom is -0.331 e. The summed E-state index contributed by atoms with van der Waals surface area (Å²) in [6.45, 7) is 4.17. The third-order valence-corrected chi connectivity index (χ3v) is 4.13. The van der Waals surface area contributed by atoms with E-state index in [0.717, 1.165) is 19.9 Å². The molecule has 0 aliphatic rings. The van der Waals surface area contributed by atoms with Crippen LogP contribution in [-0.4, -0.2) is 4.98 Å². The molecule has 0 saturated carbocycles. The summed E-state index contributed by atoms with van der Waals surface area (Å²) in [4.78, 5) is 4.32. The number of benzene rings is 1. The minimum absolute atomic E-state index is 0.868. The summed E-state index contributed by atoms with van der Waals surface area (Å²) in [6.07, 6.45) is 0. The number of rotatable bonds is 2. The van der Waals surface area contributed by atoms with Gasteiger partial charge in [-0.3, -0.25) is 0 Å². The highest BCUT2D eigenvalue weighted by Crippen LogP contribution is 2.30. The van der Waals surface area contributed by atoms with Gasteiger partial charge < -0.3 is 5.32 Å². The average Bonchev–Trinajstić information content (AvgIpc) is 2.58. The van der Waals surface area contributed by atoms with Gasteiger partial charge in [0.15, 0.2) is 5.13 Å². The molecule has 0 aliphatic carbocycles. The van der Waals surface area contributed by atoms with Gasteiger partial charge in [-0.25, -0.2) is 4.98 Å². The van der Waals surface area contributed by atoms with Gasteiger partial charge >= 0.3 is 0 Å². The number of halogens is 2. The molecule has 5 heteroatoms. The van der Waals surface area contributed by atoms with Crippen LogP contribution in [0.15, 0.2) is 26.6 Å². The molecule has 0 saturated heterocycles. The molecule has 1 N–H and O–H groups in total. The zero-order valence-electron chi connectivity index (χ0n) is 8.84. The SMILES string of the molecule is Cc1cc(Br)cc(C)c1Nc1nc(Br)cs1. The second-order valence-electron chi connectivity index (χ2n) is 3.51. The number of anilines is 2. The number of nitrogens with zero attached hydrogens (tertiary/aromatic N) is 1. The third-order valence-electron chi connectivity index (χ3n) is 2.21. The van der Waals surface area contributed by atoms with Gasteiger partial charge in [0.05, 0.1) is 0 Å². The Morgan fingerprint density at radius 2 is 1.81 bits per heavy atom. The van der Waals surface area contributed by atoms with E-state index in [9.17, 15) is 0 Å². The fraction of sp³-hybridized carbons (Fsp3) is 0.182. The molecule has 1 heterocycles. The number of thiazole rings is 1. The van der Waals surface area contributed by atoms with Crippen LogP contribution in [0.3, 0.4) is 0 Å². The highest BCUT2D eigenvalue weighted by atomic mass is 79.9. The molecule has 84 valence electrons. The Bertz CT molecular complexity index is 499. The van der Waals surface area contributed by atoms with Gasteiger partial charge in [0.25, 0.3) is 0 Å². The molecular formula is C11H10Br2N2S. The maximum atomic E-state index is 4.32. The normalized spacial score (nSPS) is 10.5. The van der Waals surface area contributed by atoms with Crippen molar-refractivity contribution in [2.75, 3.05) is 5.32 Å². The molecular weight excluding hydrogens is 352 g/mol. The summed E-state index contributed by atoms with van der Waals surface area (Å²) < 4.78 is 1.97. The summed E-state index contributed by atoms with van der Waals surface area (Å²) in [5.74, 6) is 0. The van der Waals surface area contributed by atoms with Crippen molar-refractivity contribution in [1.82, 2.24) is 4.98 Å². The predicted octanol–water partition coefficient (Wildman–Crippen LogP) is 5.03. The molecule has 2 nitrogen and oxygen atoms in total. The predicted molar refractivity (Wildman–Crippen MR) is 76.7 cm³/mol. The summed E-state index contributed by atoms with van der Waals surface area (Å²) in [7, 11) is 0. The number of nitrogens with one attached hydrogen (secondary N) is 1. The standard InChI is InChI=1S/C11H10Br2N2S/c1-6-3-8(12)4-7(2)10(6)15-11-14-9(13)5-16-11/h3-5H,1-2H3,(H,14,15). The Balaban J connectivity index is 2.34. The Labute approximate surface area is 115 Å². The minimum atomic E-state index is 0.868. The van der Waals surface area contributed by atoms with E-state index < -0.39 is 0 Å². The number of aryl methyl sites for hydroxylation is 2. The van der Waals surface area contributed by atoms with Crippen LogP contribution in [0.4, 0.5) is 10.8 Å². The molecule has 0 radical (unpaired) electrons. The highest BCUT2D eigenvalue weighted by molar-refractivity contribution is 9.10. The van der Waals surface area contributed by atoms with E-state index in [1.54, 1.807) is 11.3 Å². The summed E-state index contributed by atoms with van der Waals surface area (Å²) >= 11 is 8.42. The lowest BCUT2D eigenvalue weighted by Gasteiger charge is -2.11. The second kappa shape index (κ2) is 4.85. The summed E-state index contributed by atoms with van der Waals surface area (Å²) in [5.41, 5.74) is 3.54. The van der Waals surface area contributed by atoms with Crippen LogP contribution in [0.25, 0.3) is 0 Å². The first-order chi connectivity index (χ1) is 7.56. The maximum absolute atomic E-state index is 4.32. The molecule has 0 fully saturated rings. The number of hydrogen-bond acceptors (Lipinski definition) is 3. The molecule has 0 unspecified atom stereocenters. The van der Waals surface area contributed by atoms with Crippen molar-refractivity contribution in [1.29, 1.82) is 0 Å². The Kier molecular flexibility index (Phi) is 3.66. The van der Waals surface area contributed by atoms with Crippen molar-refractivity contribution >= 4 is 54.0 Å². The molecule has 2 aromatic rings. The Morgan fingerprint density at radius 1 is 1.19 bits per heavy atom. The van der Waals surface area contributed by atoms with Crippen LogP contribution in [0, 0.1) is 13.8 Å². The van der Waals surface area contributed by atoms with Gasteiger partial charge in [0.1, 0.15) is 4.60 Å². The molecule has 2 rings (SSSR count). The zero-order valence-corrected chi connectivity index (χ0v) is 12.8. The van der Waals surface area contributed by atoms with Crippen molar-refractivity contribution in [3.63, 3.8) is 0 Å². The van der Waals surface area contributed by atoms with Gasteiger partial charge in [-0.1, -0.05) is 15.9 Å². The molecule has 0 aliphatic heterocycles. The first-order valence-corrected chi connectivity index (χ1v) is 7.17. The molecule has 0 amide bonds. The van der Waals surface area contributed by atoms with E-state index in [2.05, 4.69) is 68.1 Å². The first-order valence-electron chi connectivity index (χ1n) is 4.71. The van der Waals surface area contributed by atoms with Crippen molar-refractivity contribution < 1.29 is 0 Å². The topological polar surface area (TPSA) is 24.9 Å². The lowest BCUT2D eigenvalue weighted by Crippen LogP contribution is -1.95. The van der Waals surface area contributed by atoms with Gasteiger partial charge in [-0.05, 0) is 53.0 Å². The maximum Gasteiger partial charge on any atom is 0.188 e. The smallest absolute Gasteiger partial charge is 0.188 e. The van der Waals surface area contributed by atoms with Gasteiger partial charge in [-0.2, -0.15) is 0 Å². The van der Waals surface area contributed by atoms with Crippen LogP contribution < -0.4 is 5.32 Å². The quantitative estimate of drug-likeness (QED) is 0.811. The van der Waals surface area contributed by atoms with Crippen molar-refractivity contribution in [2.24, 2.45) is 0 Å². The first kappa shape index (κ1) is 12.1. The fourth-order valence-electron chi connectivity index (χ4n) is 1.53. The second-order valence-corrected chi connectivity index (χ2v) is 6.10. The highest BCUT2D eigenvalue weighted by Gasteiger charge is 2.06. The van der Waals surface area contributed by atoms with Crippen LogP contribution >= 0.6 is 43.2 Å². The summed E-state index contributed by atoms with van der Waals surface area (Å²) in [5, 5.41) is 6.21. The molecule has 16 heavy (non-hydrogen) atoms. The molecule has 0 spiro atoms. The van der Waals surface area contributed by atoms with Crippen LogP contribution in [0.5, 0.6) is 0 Å². The van der Waals surface area contributed by atoms with E-state index in [-0.39, 0.29) is 0 Å². The van der Waals surface area contributed by atoms with Gasteiger partial charge in [-0.15, -0.1) is 11.3 Å². The van der Waals surface area contributed by atoms with Crippen molar-refractivity contribution in [2.45, 2.75) is 13.8 Å².